The van der Waals surface area contributed by atoms with Crippen LogP contribution in [-0.2, 0) is 16.6 Å². The van der Waals surface area contributed by atoms with E-state index in [1.807, 2.05) is 26.8 Å². The number of hydrogen-bond donors (Lipinski definition) is 1. The third-order valence-corrected chi connectivity index (χ3v) is 9.23. The molecule has 5 aromatic rings. The number of rotatable bonds is 9. The Kier molecular flexibility index (Phi) is 8.98. The van der Waals surface area contributed by atoms with Crippen molar-refractivity contribution in [2.75, 3.05) is 4.31 Å². The standard InChI is InChI=1S/C34H30ClFN4O3S/c1-23-12-18-29(19-13-23)44(42,43)39(22-26-14-16-28(35)17-15-26)32-10-6-4-8-30(32)34(41)38-37-21-27-20-24(2)40(25(27)3)33-11-7-5-9-31(33)36/h4-21H,22H2,1-3H3,(H,38,41)/b37-21-. The van der Waals surface area contributed by atoms with Crippen LogP contribution >= 0.6 is 11.6 Å². The number of halogens is 2. The van der Waals surface area contributed by atoms with Gasteiger partial charge in [-0.25, -0.2) is 18.2 Å². The van der Waals surface area contributed by atoms with E-state index in [2.05, 4.69) is 10.5 Å². The fourth-order valence-corrected chi connectivity index (χ4v) is 6.52. The summed E-state index contributed by atoms with van der Waals surface area (Å²) >= 11 is 6.07. The van der Waals surface area contributed by atoms with Crippen LogP contribution in [-0.4, -0.2) is 25.1 Å². The lowest BCUT2D eigenvalue weighted by atomic mass is 10.1. The summed E-state index contributed by atoms with van der Waals surface area (Å²) in [6.07, 6.45) is 1.48. The highest BCUT2D eigenvalue weighted by atomic mass is 35.5. The second kappa shape index (κ2) is 12.9. The smallest absolute Gasteiger partial charge is 0.273 e. The van der Waals surface area contributed by atoms with Gasteiger partial charge >= 0.3 is 0 Å². The summed E-state index contributed by atoms with van der Waals surface area (Å²) in [6, 6.07) is 28.2. The lowest BCUT2D eigenvalue weighted by Crippen LogP contribution is -2.33. The Bertz CT molecular complexity index is 1950. The average Bonchev–Trinajstić information content (AvgIpc) is 3.29. The van der Waals surface area contributed by atoms with Gasteiger partial charge in [0.15, 0.2) is 0 Å². The number of aromatic nitrogens is 1. The fraction of sp³-hybridized carbons (Fsp3) is 0.118. The van der Waals surface area contributed by atoms with Crippen molar-refractivity contribution < 1.29 is 17.6 Å². The number of nitrogens with zero attached hydrogens (tertiary/aromatic N) is 3. The van der Waals surface area contributed by atoms with Crippen molar-refractivity contribution in [3.8, 4) is 5.69 Å². The molecule has 0 fully saturated rings. The SMILES string of the molecule is Cc1ccc(S(=O)(=O)N(Cc2ccc(Cl)cc2)c2ccccc2C(=O)N/N=C\c2cc(C)n(-c3ccccc3F)c2C)cc1. The molecule has 1 heterocycles. The summed E-state index contributed by atoms with van der Waals surface area (Å²) < 4.78 is 45.5. The lowest BCUT2D eigenvalue weighted by molar-refractivity contribution is 0.0955. The molecule has 7 nitrogen and oxygen atoms in total. The van der Waals surface area contributed by atoms with Crippen LogP contribution in [0.25, 0.3) is 5.69 Å². The maximum absolute atomic E-state index is 14.5. The number of nitrogens with one attached hydrogen (secondary N) is 1. The van der Waals surface area contributed by atoms with Gasteiger partial charge in [-0.1, -0.05) is 65.7 Å². The van der Waals surface area contributed by atoms with Gasteiger partial charge in [-0.3, -0.25) is 9.10 Å². The van der Waals surface area contributed by atoms with E-state index in [0.717, 1.165) is 17.0 Å². The molecule has 4 aromatic carbocycles. The molecular formula is C34H30ClFN4O3S. The second-order valence-electron chi connectivity index (χ2n) is 10.3. The zero-order chi connectivity index (χ0) is 31.4. The van der Waals surface area contributed by atoms with Crippen LogP contribution in [0.2, 0.25) is 5.02 Å². The summed E-state index contributed by atoms with van der Waals surface area (Å²) in [5.74, 6) is -0.952. The number of amides is 1. The van der Waals surface area contributed by atoms with Crippen LogP contribution in [0.1, 0.15) is 38.4 Å². The van der Waals surface area contributed by atoms with Crippen LogP contribution in [0, 0.1) is 26.6 Å². The molecule has 44 heavy (non-hydrogen) atoms. The molecule has 0 radical (unpaired) electrons. The molecule has 1 aromatic heterocycles. The molecule has 0 aliphatic rings. The zero-order valence-electron chi connectivity index (χ0n) is 24.3. The highest BCUT2D eigenvalue weighted by molar-refractivity contribution is 7.92. The number of anilines is 1. The maximum Gasteiger partial charge on any atom is 0.273 e. The van der Waals surface area contributed by atoms with Crippen molar-refractivity contribution in [3.63, 3.8) is 0 Å². The number of hydrogen-bond acceptors (Lipinski definition) is 4. The van der Waals surface area contributed by atoms with Gasteiger partial charge in [0.1, 0.15) is 5.82 Å². The Balaban J connectivity index is 1.47. The van der Waals surface area contributed by atoms with Crippen molar-refractivity contribution in [2.24, 2.45) is 5.10 Å². The third-order valence-electron chi connectivity index (χ3n) is 7.20. The minimum atomic E-state index is -4.09. The monoisotopic (exact) mass is 628 g/mol. The summed E-state index contributed by atoms with van der Waals surface area (Å²) in [7, 11) is -4.09. The number of carbonyl (C=O) groups excluding carboxylic acids is 1. The molecule has 0 unspecified atom stereocenters. The van der Waals surface area contributed by atoms with E-state index in [1.54, 1.807) is 95.6 Å². The third kappa shape index (κ3) is 6.44. The predicted octanol–water partition coefficient (Wildman–Crippen LogP) is 7.35. The first-order valence-electron chi connectivity index (χ1n) is 13.8. The molecule has 224 valence electrons. The van der Waals surface area contributed by atoms with Gasteiger partial charge in [-0.15, -0.1) is 0 Å². The van der Waals surface area contributed by atoms with Crippen LogP contribution in [0.3, 0.4) is 0 Å². The number of sulfonamides is 1. The van der Waals surface area contributed by atoms with E-state index in [-0.39, 0.29) is 28.5 Å². The van der Waals surface area contributed by atoms with E-state index in [1.165, 1.54) is 16.6 Å². The molecule has 0 saturated carbocycles. The number of aryl methyl sites for hydroxylation is 2. The summed E-state index contributed by atoms with van der Waals surface area (Å²) in [4.78, 5) is 13.6. The number of hydrazone groups is 1. The minimum absolute atomic E-state index is 0.0387. The largest absolute Gasteiger partial charge is 0.315 e. The van der Waals surface area contributed by atoms with Crippen molar-refractivity contribution in [3.05, 3.63) is 148 Å². The van der Waals surface area contributed by atoms with Gasteiger partial charge in [0, 0.05) is 22.0 Å². The quantitative estimate of drug-likeness (QED) is 0.137. The fourth-order valence-electron chi connectivity index (χ4n) is 4.92. The molecule has 0 atom stereocenters. The predicted molar refractivity (Wildman–Crippen MR) is 173 cm³/mol. The van der Waals surface area contributed by atoms with Crippen molar-refractivity contribution in [1.29, 1.82) is 0 Å². The van der Waals surface area contributed by atoms with E-state index >= 15 is 0 Å². The first-order chi connectivity index (χ1) is 21.1. The first-order valence-corrected chi connectivity index (χ1v) is 15.6. The molecule has 0 aliphatic carbocycles. The Labute approximate surface area is 261 Å². The van der Waals surface area contributed by atoms with Crippen molar-refractivity contribution >= 4 is 39.4 Å². The molecule has 0 aliphatic heterocycles. The highest BCUT2D eigenvalue weighted by Gasteiger charge is 2.28. The summed E-state index contributed by atoms with van der Waals surface area (Å²) in [5, 5.41) is 4.68. The number of carbonyl (C=O) groups is 1. The van der Waals surface area contributed by atoms with Gasteiger partial charge < -0.3 is 4.57 Å². The molecule has 1 N–H and O–H groups in total. The van der Waals surface area contributed by atoms with Gasteiger partial charge in [-0.2, -0.15) is 5.10 Å². The molecule has 0 spiro atoms. The minimum Gasteiger partial charge on any atom is -0.315 e. The first kappa shape index (κ1) is 30.7. The van der Waals surface area contributed by atoms with E-state index in [4.69, 9.17) is 11.6 Å². The van der Waals surface area contributed by atoms with Gasteiger partial charge in [0.25, 0.3) is 15.9 Å². The van der Waals surface area contributed by atoms with Crippen LogP contribution in [0.15, 0.2) is 113 Å². The Morgan fingerprint density at radius 3 is 2.30 bits per heavy atom. The Morgan fingerprint density at radius 1 is 0.932 bits per heavy atom. The zero-order valence-corrected chi connectivity index (χ0v) is 25.9. The molecule has 1 amide bonds. The number of benzene rings is 4. The summed E-state index contributed by atoms with van der Waals surface area (Å²) in [5.41, 5.74) is 7.07. The molecule has 0 saturated heterocycles. The highest BCUT2D eigenvalue weighted by Crippen LogP contribution is 2.30. The molecule has 5 rings (SSSR count). The van der Waals surface area contributed by atoms with Crippen molar-refractivity contribution in [2.45, 2.75) is 32.2 Å². The average molecular weight is 629 g/mol. The topological polar surface area (TPSA) is 83.8 Å². The number of para-hydroxylation sites is 2. The van der Waals surface area contributed by atoms with Gasteiger partial charge in [-0.05, 0) is 80.9 Å². The van der Waals surface area contributed by atoms with Crippen LogP contribution < -0.4 is 9.73 Å². The Hall–Kier alpha value is -4.73. The van der Waals surface area contributed by atoms with Crippen molar-refractivity contribution in [1.82, 2.24) is 9.99 Å². The van der Waals surface area contributed by atoms with Crippen LogP contribution in [0.4, 0.5) is 10.1 Å². The van der Waals surface area contributed by atoms with Gasteiger partial charge in [0.2, 0.25) is 0 Å². The molecule has 0 bridgehead atoms. The summed E-state index contributed by atoms with van der Waals surface area (Å²) in [6.45, 7) is 5.53. The van der Waals surface area contributed by atoms with Gasteiger partial charge in [0.05, 0.1) is 34.6 Å². The maximum atomic E-state index is 14.5. The second-order valence-corrected chi connectivity index (χ2v) is 12.6. The van der Waals surface area contributed by atoms with E-state index < -0.39 is 15.9 Å². The Morgan fingerprint density at radius 2 is 1.59 bits per heavy atom. The van der Waals surface area contributed by atoms with E-state index in [0.29, 0.717) is 21.8 Å². The molecular weight excluding hydrogens is 599 g/mol. The molecule has 10 heteroatoms. The van der Waals surface area contributed by atoms with Crippen LogP contribution in [0.5, 0.6) is 0 Å². The lowest BCUT2D eigenvalue weighted by Gasteiger charge is -2.26. The normalized spacial score (nSPS) is 11.6. The van der Waals surface area contributed by atoms with E-state index in [9.17, 15) is 17.6 Å².